The molecule has 1 amide bonds. The Bertz CT molecular complexity index is 299. The van der Waals surface area contributed by atoms with Crippen molar-refractivity contribution in [1.82, 2.24) is 10.2 Å². The number of likely N-dealkylation sites (tertiary alicyclic amines) is 1. The summed E-state index contributed by atoms with van der Waals surface area (Å²) in [7, 11) is 0. The number of nitrogens with one attached hydrogen (secondary N) is 1. The van der Waals surface area contributed by atoms with Crippen molar-refractivity contribution in [3.63, 3.8) is 0 Å². The number of carbonyl (C=O) groups is 2. The number of hydrogen-bond acceptors (Lipinski definition) is 4. The molecule has 0 saturated carbocycles. The first kappa shape index (κ1) is 16.0. The fourth-order valence-corrected chi connectivity index (χ4v) is 2.32. The molecular formula is C14H26N2O3. The number of piperidine rings is 1. The van der Waals surface area contributed by atoms with Gasteiger partial charge in [-0.05, 0) is 39.7 Å². The van der Waals surface area contributed by atoms with E-state index in [1.165, 1.54) is 0 Å². The quantitative estimate of drug-likeness (QED) is 0.736. The van der Waals surface area contributed by atoms with Crippen LogP contribution in [0.5, 0.6) is 0 Å². The maximum atomic E-state index is 12.2. The summed E-state index contributed by atoms with van der Waals surface area (Å²) in [6.45, 7) is 8.38. The molecule has 5 heteroatoms. The molecule has 19 heavy (non-hydrogen) atoms. The SMILES string of the molecule is CCCNC(C)C(=O)N1CCC(C(=O)OCC)CC1. The van der Waals surface area contributed by atoms with Gasteiger partial charge in [0.1, 0.15) is 0 Å². The lowest BCUT2D eigenvalue weighted by atomic mass is 9.96. The molecule has 110 valence electrons. The Morgan fingerprint density at radius 2 is 1.95 bits per heavy atom. The van der Waals surface area contributed by atoms with Crippen LogP contribution in [0.25, 0.3) is 0 Å². The van der Waals surface area contributed by atoms with E-state index in [2.05, 4.69) is 12.2 Å². The minimum Gasteiger partial charge on any atom is -0.466 e. The predicted molar refractivity (Wildman–Crippen MR) is 73.7 cm³/mol. The van der Waals surface area contributed by atoms with E-state index in [4.69, 9.17) is 4.74 Å². The first-order valence-electron chi connectivity index (χ1n) is 7.28. The molecule has 1 heterocycles. The highest BCUT2D eigenvalue weighted by molar-refractivity contribution is 5.82. The van der Waals surface area contributed by atoms with Crippen LogP contribution in [0.4, 0.5) is 0 Å². The molecule has 1 atom stereocenters. The molecule has 0 aromatic carbocycles. The smallest absolute Gasteiger partial charge is 0.309 e. The van der Waals surface area contributed by atoms with Gasteiger partial charge in [0.15, 0.2) is 0 Å². The molecule has 5 nitrogen and oxygen atoms in total. The first-order valence-corrected chi connectivity index (χ1v) is 7.28. The van der Waals surface area contributed by atoms with Crippen molar-refractivity contribution in [2.24, 2.45) is 5.92 Å². The van der Waals surface area contributed by atoms with E-state index in [-0.39, 0.29) is 23.8 Å². The summed E-state index contributed by atoms with van der Waals surface area (Å²) >= 11 is 0. The summed E-state index contributed by atoms with van der Waals surface area (Å²) in [5, 5.41) is 3.20. The van der Waals surface area contributed by atoms with Crippen molar-refractivity contribution in [3.05, 3.63) is 0 Å². The van der Waals surface area contributed by atoms with Crippen LogP contribution in [0.2, 0.25) is 0 Å². The van der Waals surface area contributed by atoms with E-state index in [1.54, 1.807) is 0 Å². The van der Waals surface area contributed by atoms with Gasteiger partial charge < -0.3 is 15.0 Å². The van der Waals surface area contributed by atoms with Crippen LogP contribution in [0.15, 0.2) is 0 Å². The molecule has 1 aliphatic rings. The number of amides is 1. The van der Waals surface area contributed by atoms with Gasteiger partial charge in [-0.3, -0.25) is 9.59 Å². The van der Waals surface area contributed by atoms with Crippen molar-refractivity contribution in [2.45, 2.75) is 46.1 Å². The van der Waals surface area contributed by atoms with Crippen molar-refractivity contribution in [1.29, 1.82) is 0 Å². The van der Waals surface area contributed by atoms with Gasteiger partial charge in [0.2, 0.25) is 5.91 Å². The zero-order valence-electron chi connectivity index (χ0n) is 12.3. The summed E-state index contributed by atoms with van der Waals surface area (Å²) in [5.74, 6) is -0.0228. The van der Waals surface area contributed by atoms with Gasteiger partial charge in [-0.1, -0.05) is 6.92 Å². The lowest BCUT2D eigenvalue weighted by Crippen LogP contribution is -2.48. The number of esters is 1. The van der Waals surface area contributed by atoms with Gasteiger partial charge in [0, 0.05) is 13.1 Å². The van der Waals surface area contributed by atoms with Crippen molar-refractivity contribution >= 4 is 11.9 Å². The van der Waals surface area contributed by atoms with E-state index in [9.17, 15) is 9.59 Å². The summed E-state index contributed by atoms with van der Waals surface area (Å²) in [5.41, 5.74) is 0. The Kier molecular flexibility index (Phi) is 6.84. The predicted octanol–water partition coefficient (Wildman–Crippen LogP) is 1.18. The monoisotopic (exact) mass is 270 g/mol. The van der Waals surface area contributed by atoms with Gasteiger partial charge in [0.05, 0.1) is 18.6 Å². The second-order valence-electron chi connectivity index (χ2n) is 5.03. The molecule has 1 fully saturated rings. The fourth-order valence-electron chi connectivity index (χ4n) is 2.32. The van der Waals surface area contributed by atoms with Gasteiger partial charge in [0.25, 0.3) is 0 Å². The molecule has 1 N–H and O–H groups in total. The number of carbonyl (C=O) groups excluding carboxylic acids is 2. The normalized spacial score (nSPS) is 18.2. The van der Waals surface area contributed by atoms with Crippen molar-refractivity contribution < 1.29 is 14.3 Å². The molecule has 0 aromatic rings. The summed E-state index contributed by atoms with van der Waals surface area (Å²) in [6, 6.07) is -0.140. The third kappa shape index (κ3) is 4.82. The second-order valence-corrected chi connectivity index (χ2v) is 5.03. The average Bonchev–Trinajstić information content (AvgIpc) is 2.44. The van der Waals surface area contributed by atoms with Crippen LogP contribution in [-0.4, -0.2) is 49.1 Å². The number of rotatable bonds is 6. The largest absolute Gasteiger partial charge is 0.466 e. The van der Waals surface area contributed by atoms with Crippen molar-refractivity contribution in [2.75, 3.05) is 26.2 Å². The van der Waals surface area contributed by atoms with Gasteiger partial charge >= 0.3 is 5.97 Å². The molecule has 1 aliphatic heterocycles. The summed E-state index contributed by atoms with van der Waals surface area (Å²) in [4.78, 5) is 25.6. The topological polar surface area (TPSA) is 58.6 Å². The molecule has 0 aliphatic carbocycles. The molecular weight excluding hydrogens is 244 g/mol. The molecule has 0 spiro atoms. The third-order valence-corrected chi connectivity index (χ3v) is 3.50. The molecule has 1 saturated heterocycles. The second kappa shape index (κ2) is 8.15. The Morgan fingerprint density at radius 3 is 2.47 bits per heavy atom. The standard InChI is InChI=1S/C14H26N2O3/c1-4-8-15-11(3)13(17)16-9-6-12(7-10-16)14(18)19-5-2/h11-12,15H,4-10H2,1-3H3. The minimum atomic E-state index is -0.140. The van der Waals surface area contributed by atoms with Crippen LogP contribution in [0.3, 0.4) is 0 Å². The van der Waals surface area contributed by atoms with E-state index in [1.807, 2.05) is 18.7 Å². The highest BCUT2D eigenvalue weighted by Crippen LogP contribution is 2.19. The Labute approximate surface area is 115 Å². The highest BCUT2D eigenvalue weighted by Gasteiger charge is 2.29. The van der Waals surface area contributed by atoms with E-state index in [0.29, 0.717) is 32.5 Å². The lowest BCUT2D eigenvalue weighted by molar-refractivity contribution is -0.151. The Morgan fingerprint density at radius 1 is 1.32 bits per heavy atom. The zero-order valence-corrected chi connectivity index (χ0v) is 12.3. The summed E-state index contributed by atoms with van der Waals surface area (Å²) < 4.78 is 5.02. The van der Waals surface area contributed by atoms with Crippen molar-refractivity contribution in [3.8, 4) is 0 Å². The fraction of sp³-hybridized carbons (Fsp3) is 0.857. The molecule has 0 bridgehead atoms. The number of hydrogen-bond donors (Lipinski definition) is 1. The molecule has 1 rings (SSSR count). The minimum absolute atomic E-state index is 0.0390. The van der Waals surface area contributed by atoms with Crippen LogP contribution in [-0.2, 0) is 14.3 Å². The third-order valence-electron chi connectivity index (χ3n) is 3.50. The first-order chi connectivity index (χ1) is 9.10. The maximum Gasteiger partial charge on any atom is 0.309 e. The van der Waals surface area contributed by atoms with E-state index < -0.39 is 0 Å². The zero-order chi connectivity index (χ0) is 14.3. The van der Waals surface area contributed by atoms with Gasteiger partial charge in [-0.25, -0.2) is 0 Å². The van der Waals surface area contributed by atoms with Crippen LogP contribution < -0.4 is 5.32 Å². The number of nitrogens with zero attached hydrogens (tertiary/aromatic N) is 1. The van der Waals surface area contributed by atoms with E-state index in [0.717, 1.165) is 13.0 Å². The Hall–Kier alpha value is -1.10. The molecule has 0 radical (unpaired) electrons. The summed E-state index contributed by atoms with van der Waals surface area (Å²) in [6.07, 6.45) is 2.44. The van der Waals surface area contributed by atoms with Crippen LogP contribution in [0.1, 0.15) is 40.0 Å². The lowest BCUT2D eigenvalue weighted by Gasteiger charge is -2.32. The average molecular weight is 270 g/mol. The van der Waals surface area contributed by atoms with Crippen LogP contribution in [0, 0.1) is 5.92 Å². The maximum absolute atomic E-state index is 12.2. The molecule has 1 unspecified atom stereocenters. The van der Waals surface area contributed by atoms with Gasteiger partial charge in [-0.15, -0.1) is 0 Å². The highest BCUT2D eigenvalue weighted by atomic mass is 16.5. The van der Waals surface area contributed by atoms with Crippen LogP contribution >= 0.6 is 0 Å². The Balaban J connectivity index is 2.36. The number of ether oxygens (including phenoxy) is 1. The van der Waals surface area contributed by atoms with E-state index >= 15 is 0 Å². The molecule has 0 aromatic heterocycles. The van der Waals surface area contributed by atoms with Gasteiger partial charge in [-0.2, -0.15) is 0 Å².